The zero-order chi connectivity index (χ0) is 12.4. The van der Waals surface area contributed by atoms with Crippen molar-refractivity contribution in [3.8, 4) is 0 Å². The molecule has 2 bridgehead atoms. The average molecular weight is 251 g/mol. The molecule has 0 aromatic carbocycles. The highest BCUT2D eigenvalue weighted by Crippen LogP contribution is 2.33. The summed E-state index contributed by atoms with van der Waals surface area (Å²) in [4.78, 5) is 5.45. The van der Waals surface area contributed by atoms with Gasteiger partial charge in [0.25, 0.3) is 0 Å². The third-order valence-electron chi connectivity index (χ3n) is 5.25. The van der Waals surface area contributed by atoms with Crippen LogP contribution in [0.1, 0.15) is 51.4 Å². The maximum absolute atomic E-state index is 6.18. The maximum Gasteiger partial charge on any atom is 0.0113 e. The van der Waals surface area contributed by atoms with Crippen molar-refractivity contribution in [1.29, 1.82) is 0 Å². The third kappa shape index (κ3) is 2.89. The summed E-state index contributed by atoms with van der Waals surface area (Å²) >= 11 is 0. The van der Waals surface area contributed by atoms with E-state index in [-0.39, 0.29) is 0 Å². The lowest BCUT2D eigenvalue weighted by atomic mass is 9.82. The van der Waals surface area contributed by atoms with Crippen LogP contribution in [0.2, 0.25) is 0 Å². The molecule has 0 radical (unpaired) electrons. The normalized spacial score (nSPS) is 38.2. The van der Waals surface area contributed by atoms with E-state index in [1.165, 1.54) is 77.5 Å². The smallest absolute Gasteiger partial charge is 0.0113 e. The minimum absolute atomic E-state index is 0.482. The van der Waals surface area contributed by atoms with E-state index in [0.717, 1.165) is 12.1 Å². The maximum atomic E-state index is 6.18. The van der Waals surface area contributed by atoms with E-state index in [1.807, 2.05) is 0 Å². The molecular formula is C15H29N3. The molecule has 0 amide bonds. The molecule has 3 rings (SSSR count). The molecule has 3 saturated heterocycles. The first-order valence-corrected chi connectivity index (χ1v) is 8.06. The first-order chi connectivity index (χ1) is 8.83. The van der Waals surface area contributed by atoms with Gasteiger partial charge >= 0.3 is 0 Å². The Morgan fingerprint density at radius 1 is 0.889 bits per heavy atom. The van der Waals surface area contributed by atoms with Crippen molar-refractivity contribution in [1.82, 2.24) is 9.80 Å². The Hall–Kier alpha value is -0.120. The number of rotatable bonds is 4. The standard InChI is InChI=1S/C15H29N3/c16-13-11-14-5-3-6-15(12-13)18(14)10-4-9-17-7-1-2-8-17/h13-15H,1-12,16H2. The van der Waals surface area contributed by atoms with E-state index >= 15 is 0 Å². The molecule has 3 aliphatic heterocycles. The highest BCUT2D eigenvalue weighted by Gasteiger charge is 2.36. The van der Waals surface area contributed by atoms with Gasteiger partial charge in [-0.15, -0.1) is 0 Å². The number of piperidine rings is 2. The Bertz CT molecular complexity index is 248. The van der Waals surface area contributed by atoms with Gasteiger partial charge in [0.15, 0.2) is 0 Å². The number of nitrogens with zero attached hydrogens (tertiary/aromatic N) is 2. The van der Waals surface area contributed by atoms with E-state index in [4.69, 9.17) is 5.73 Å². The summed E-state index contributed by atoms with van der Waals surface area (Å²) in [6.45, 7) is 5.33. The minimum Gasteiger partial charge on any atom is -0.328 e. The predicted molar refractivity (Wildman–Crippen MR) is 75.6 cm³/mol. The Morgan fingerprint density at radius 2 is 1.56 bits per heavy atom. The fourth-order valence-corrected chi connectivity index (χ4v) is 4.37. The average Bonchev–Trinajstić information content (AvgIpc) is 2.83. The van der Waals surface area contributed by atoms with Crippen LogP contribution in [0.15, 0.2) is 0 Å². The molecule has 104 valence electrons. The SMILES string of the molecule is NC1CC2CCCC(C1)N2CCCN1CCCC1. The van der Waals surface area contributed by atoms with Gasteiger partial charge in [-0.3, -0.25) is 4.90 Å². The van der Waals surface area contributed by atoms with Gasteiger partial charge in [-0.25, -0.2) is 0 Å². The number of nitrogens with two attached hydrogens (primary N) is 1. The molecule has 0 aromatic rings. The molecule has 0 spiro atoms. The van der Waals surface area contributed by atoms with Gasteiger partial charge in [-0.1, -0.05) is 6.42 Å². The Kier molecular flexibility index (Phi) is 4.22. The van der Waals surface area contributed by atoms with Crippen molar-refractivity contribution < 1.29 is 0 Å². The van der Waals surface area contributed by atoms with Gasteiger partial charge in [0.2, 0.25) is 0 Å². The van der Waals surface area contributed by atoms with Crippen molar-refractivity contribution in [2.75, 3.05) is 26.2 Å². The lowest BCUT2D eigenvalue weighted by Crippen LogP contribution is -2.55. The van der Waals surface area contributed by atoms with Crippen LogP contribution in [0, 0.1) is 0 Å². The van der Waals surface area contributed by atoms with Crippen molar-refractivity contribution in [2.24, 2.45) is 5.73 Å². The lowest BCUT2D eigenvalue weighted by Gasteiger charge is -2.48. The summed E-state index contributed by atoms with van der Waals surface area (Å²) in [6, 6.07) is 2.10. The molecule has 3 aliphatic rings. The Balaban J connectivity index is 1.46. The Labute approximate surface area is 112 Å². The van der Waals surface area contributed by atoms with Crippen LogP contribution in [0.3, 0.4) is 0 Å². The topological polar surface area (TPSA) is 32.5 Å². The fraction of sp³-hybridized carbons (Fsp3) is 1.00. The van der Waals surface area contributed by atoms with E-state index in [9.17, 15) is 0 Å². The van der Waals surface area contributed by atoms with Crippen molar-refractivity contribution in [3.63, 3.8) is 0 Å². The second kappa shape index (κ2) is 5.89. The van der Waals surface area contributed by atoms with Gasteiger partial charge in [0, 0.05) is 18.1 Å². The predicted octanol–water partition coefficient (Wildman–Crippen LogP) is 1.82. The number of hydrogen-bond donors (Lipinski definition) is 1. The second-order valence-electron chi connectivity index (χ2n) is 6.61. The zero-order valence-corrected chi connectivity index (χ0v) is 11.7. The quantitative estimate of drug-likeness (QED) is 0.827. The minimum atomic E-state index is 0.482. The summed E-state index contributed by atoms with van der Waals surface area (Å²) in [5, 5.41) is 0. The van der Waals surface area contributed by atoms with E-state index < -0.39 is 0 Å². The third-order valence-corrected chi connectivity index (χ3v) is 5.25. The molecule has 3 heterocycles. The van der Waals surface area contributed by atoms with Crippen LogP contribution in [0.4, 0.5) is 0 Å². The summed E-state index contributed by atoms with van der Waals surface area (Å²) in [5.41, 5.74) is 6.18. The van der Waals surface area contributed by atoms with Crippen molar-refractivity contribution >= 4 is 0 Å². The molecule has 0 aromatic heterocycles. The molecule has 2 unspecified atom stereocenters. The lowest BCUT2D eigenvalue weighted by molar-refractivity contribution is 0.0289. The van der Waals surface area contributed by atoms with Gasteiger partial charge in [0.1, 0.15) is 0 Å². The fourth-order valence-electron chi connectivity index (χ4n) is 4.37. The van der Waals surface area contributed by atoms with Crippen LogP contribution in [-0.4, -0.2) is 54.1 Å². The molecule has 2 atom stereocenters. The van der Waals surface area contributed by atoms with Crippen LogP contribution in [0.25, 0.3) is 0 Å². The summed E-state index contributed by atoms with van der Waals surface area (Å²) in [5.74, 6) is 0. The molecule has 3 fully saturated rings. The molecule has 3 nitrogen and oxygen atoms in total. The molecular weight excluding hydrogens is 222 g/mol. The summed E-state index contributed by atoms with van der Waals surface area (Å²) < 4.78 is 0. The van der Waals surface area contributed by atoms with E-state index in [2.05, 4.69) is 9.80 Å². The van der Waals surface area contributed by atoms with Crippen molar-refractivity contribution in [3.05, 3.63) is 0 Å². The monoisotopic (exact) mass is 251 g/mol. The van der Waals surface area contributed by atoms with E-state index in [0.29, 0.717) is 6.04 Å². The zero-order valence-electron chi connectivity index (χ0n) is 11.7. The first kappa shape index (κ1) is 12.9. The summed E-state index contributed by atoms with van der Waals surface area (Å²) in [7, 11) is 0. The first-order valence-electron chi connectivity index (χ1n) is 8.06. The Morgan fingerprint density at radius 3 is 2.22 bits per heavy atom. The second-order valence-corrected chi connectivity index (χ2v) is 6.61. The summed E-state index contributed by atoms with van der Waals surface area (Å²) in [6.07, 6.45) is 10.9. The highest BCUT2D eigenvalue weighted by atomic mass is 15.2. The van der Waals surface area contributed by atoms with Crippen molar-refractivity contribution in [2.45, 2.75) is 69.5 Å². The van der Waals surface area contributed by atoms with Gasteiger partial charge in [0.05, 0.1) is 0 Å². The highest BCUT2D eigenvalue weighted by molar-refractivity contribution is 4.93. The van der Waals surface area contributed by atoms with Gasteiger partial charge in [-0.2, -0.15) is 0 Å². The molecule has 3 heteroatoms. The number of hydrogen-bond acceptors (Lipinski definition) is 3. The number of fused-ring (bicyclic) bond motifs is 2. The van der Waals surface area contributed by atoms with Crippen LogP contribution < -0.4 is 5.73 Å². The van der Waals surface area contributed by atoms with Gasteiger partial charge < -0.3 is 10.6 Å². The van der Waals surface area contributed by atoms with Gasteiger partial charge in [-0.05, 0) is 71.1 Å². The largest absolute Gasteiger partial charge is 0.328 e. The van der Waals surface area contributed by atoms with Crippen LogP contribution in [-0.2, 0) is 0 Å². The molecule has 0 saturated carbocycles. The molecule has 2 N–H and O–H groups in total. The molecule has 0 aliphatic carbocycles. The van der Waals surface area contributed by atoms with Crippen LogP contribution in [0.5, 0.6) is 0 Å². The van der Waals surface area contributed by atoms with Crippen LogP contribution >= 0.6 is 0 Å². The van der Waals surface area contributed by atoms with E-state index in [1.54, 1.807) is 0 Å². The number of likely N-dealkylation sites (tertiary alicyclic amines) is 1. The molecule has 18 heavy (non-hydrogen) atoms.